The number of alkyl halides is 3. The average Bonchev–Trinajstić information content (AvgIpc) is 2.90. The highest BCUT2D eigenvalue weighted by Crippen LogP contribution is 2.37. The van der Waals surface area contributed by atoms with E-state index in [0.29, 0.717) is 17.5 Å². The van der Waals surface area contributed by atoms with Crippen molar-refractivity contribution in [2.45, 2.75) is 19.5 Å². The topological polar surface area (TPSA) is 41.6 Å². The molecule has 2 rings (SSSR count). The SMILES string of the molecule is CCc1cc(C#N)ccc1-c1nc(C(F)(F)F)cn1PI. The van der Waals surface area contributed by atoms with Gasteiger partial charge in [0.15, 0.2) is 5.69 Å². The van der Waals surface area contributed by atoms with Gasteiger partial charge in [-0.05, 0) is 52.2 Å². The number of nitrogens with zero attached hydrogens (tertiary/aromatic N) is 3. The van der Waals surface area contributed by atoms with Crippen molar-refractivity contribution in [2.75, 3.05) is 0 Å². The predicted octanol–water partition coefficient (Wildman–Crippen LogP) is 4.79. The van der Waals surface area contributed by atoms with E-state index in [1.165, 1.54) is 4.34 Å². The van der Waals surface area contributed by atoms with E-state index in [2.05, 4.69) is 4.98 Å². The molecular weight excluding hydrogens is 413 g/mol. The molecule has 1 atom stereocenters. The largest absolute Gasteiger partial charge is 0.434 e. The number of imidazole rings is 1. The standard InChI is InChI=1S/C13H10F3IN3P/c1-2-9-5-8(6-18)3-4-10(9)12-19-11(13(14,15)16)7-20(12)21-17/h3-5,7,21H,2H2,1H3. The second-order valence-corrected chi connectivity index (χ2v) is 6.34. The van der Waals surface area contributed by atoms with Gasteiger partial charge in [-0.25, -0.2) is 4.98 Å². The van der Waals surface area contributed by atoms with Gasteiger partial charge in [-0.2, -0.15) is 18.4 Å². The van der Waals surface area contributed by atoms with Crippen molar-refractivity contribution in [3.63, 3.8) is 0 Å². The molecule has 0 saturated heterocycles. The molecule has 1 heterocycles. The molecule has 0 spiro atoms. The summed E-state index contributed by atoms with van der Waals surface area (Å²) < 4.78 is 39.9. The van der Waals surface area contributed by atoms with Gasteiger partial charge in [0.1, 0.15) is 5.82 Å². The first-order chi connectivity index (χ1) is 9.90. The maximum absolute atomic E-state index is 12.8. The van der Waals surface area contributed by atoms with Crippen molar-refractivity contribution in [3.05, 3.63) is 41.2 Å². The molecule has 0 aliphatic rings. The molecule has 0 radical (unpaired) electrons. The van der Waals surface area contributed by atoms with E-state index in [-0.39, 0.29) is 12.2 Å². The Balaban J connectivity index is 2.61. The van der Waals surface area contributed by atoms with Crippen molar-refractivity contribution >= 4 is 28.4 Å². The minimum Gasteiger partial charge on any atom is -0.302 e. The first kappa shape index (κ1) is 16.2. The van der Waals surface area contributed by atoms with E-state index in [0.717, 1.165) is 11.8 Å². The molecule has 0 saturated carbocycles. The van der Waals surface area contributed by atoms with E-state index in [1.807, 2.05) is 35.0 Å². The van der Waals surface area contributed by atoms with Crippen LogP contribution < -0.4 is 0 Å². The number of aromatic nitrogens is 2. The Morgan fingerprint density at radius 3 is 2.67 bits per heavy atom. The number of halogens is 4. The lowest BCUT2D eigenvalue weighted by atomic mass is 10.0. The Labute approximate surface area is 134 Å². The van der Waals surface area contributed by atoms with Gasteiger partial charge >= 0.3 is 6.18 Å². The summed E-state index contributed by atoms with van der Waals surface area (Å²) in [5.41, 5.74) is 1.04. The maximum Gasteiger partial charge on any atom is 0.434 e. The molecule has 3 nitrogen and oxygen atoms in total. The number of aryl methyl sites for hydroxylation is 1. The summed E-state index contributed by atoms with van der Waals surface area (Å²) in [4.78, 5) is 3.74. The van der Waals surface area contributed by atoms with Gasteiger partial charge in [0.2, 0.25) is 0 Å². The molecule has 21 heavy (non-hydrogen) atoms. The van der Waals surface area contributed by atoms with Gasteiger partial charge in [0, 0.05) is 18.1 Å². The summed E-state index contributed by atoms with van der Waals surface area (Å²) in [6, 6.07) is 6.98. The monoisotopic (exact) mass is 423 g/mol. The molecule has 0 amide bonds. The van der Waals surface area contributed by atoms with Crippen molar-refractivity contribution < 1.29 is 13.2 Å². The molecule has 1 aromatic carbocycles. The molecule has 0 aliphatic carbocycles. The van der Waals surface area contributed by atoms with Crippen LogP contribution in [0.4, 0.5) is 13.2 Å². The van der Waals surface area contributed by atoms with Gasteiger partial charge in [-0.3, -0.25) is 0 Å². The molecule has 1 aromatic heterocycles. The summed E-state index contributed by atoms with van der Waals surface area (Å²) in [5.74, 6) is 0.288. The zero-order valence-corrected chi connectivity index (χ0v) is 14.0. The molecule has 8 heteroatoms. The Morgan fingerprint density at radius 2 is 2.14 bits per heavy atom. The number of hydrogen-bond donors (Lipinski definition) is 0. The van der Waals surface area contributed by atoms with Crippen LogP contribution in [0.3, 0.4) is 0 Å². The van der Waals surface area contributed by atoms with E-state index in [9.17, 15) is 13.2 Å². The van der Waals surface area contributed by atoms with Gasteiger partial charge in [0.25, 0.3) is 0 Å². The van der Waals surface area contributed by atoms with Crippen LogP contribution in [0, 0.1) is 11.3 Å². The third kappa shape index (κ3) is 3.38. The molecule has 2 aromatic rings. The summed E-state index contributed by atoms with van der Waals surface area (Å²) in [5, 5.41) is 8.91. The number of hydrogen-bond acceptors (Lipinski definition) is 2. The highest BCUT2D eigenvalue weighted by molar-refractivity contribution is 14.2. The lowest BCUT2D eigenvalue weighted by Crippen LogP contribution is -2.05. The van der Waals surface area contributed by atoms with Gasteiger partial charge in [0.05, 0.1) is 11.6 Å². The molecular formula is C13H10F3IN3P. The third-order valence-electron chi connectivity index (χ3n) is 2.94. The van der Waals surface area contributed by atoms with Crippen LogP contribution in [-0.2, 0) is 12.6 Å². The van der Waals surface area contributed by atoms with E-state index in [4.69, 9.17) is 5.26 Å². The van der Waals surface area contributed by atoms with Crippen LogP contribution in [0.1, 0.15) is 23.7 Å². The Hall–Kier alpha value is -1.13. The van der Waals surface area contributed by atoms with E-state index < -0.39 is 11.9 Å². The minimum absolute atomic E-state index is 0.109. The lowest BCUT2D eigenvalue weighted by Gasteiger charge is -2.09. The number of benzene rings is 1. The van der Waals surface area contributed by atoms with Crippen molar-refractivity contribution in [1.82, 2.24) is 9.32 Å². The molecule has 1 unspecified atom stereocenters. The fourth-order valence-corrected chi connectivity index (χ4v) is 3.47. The quantitative estimate of drug-likeness (QED) is 0.526. The van der Waals surface area contributed by atoms with Gasteiger partial charge in [-0.15, -0.1) is 0 Å². The molecule has 0 bridgehead atoms. The first-order valence-corrected chi connectivity index (χ1v) is 10.0. The van der Waals surface area contributed by atoms with Crippen molar-refractivity contribution in [1.29, 1.82) is 5.26 Å². The first-order valence-electron chi connectivity index (χ1n) is 5.97. The van der Waals surface area contributed by atoms with E-state index in [1.54, 1.807) is 18.2 Å². The van der Waals surface area contributed by atoms with Crippen LogP contribution >= 0.6 is 28.4 Å². The molecule has 0 N–H and O–H groups in total. The van der Waals surface area contributed by atoms with Crippen molar-refractivity contribution in [2.24, 2.45) is 0 Å². The second kappa shape index (κ2) is 6.32. The third-order valence-corrected chi connectivity index (χ3v) is 5.03. The Bertz CT molecular complexity index is 704. The summed E-state index contributed by atoms with van der Waals surface area (Å²) >= 11 is 2.02. The molecule has 110 valence electrons. The van der Waals surface area contributed by atoms with Crippen LogP contribution in [0.2, 0.25) is 0 Å². The summed E-state index contributed by atoms with van der Waals surface area (Å²) in [6.07, 6.45) is -2.71. The highest BCUT2D eigenvalue weighted by atomic mass is 127. The van der Waals surface area contributed by atoms with Crippen LogP contribution in [-0.4, -0.2) is 9.32 Å². The molecule has 0 fully saturated rings. The number of nitriles is 1. The van der Waals surface area contributed by atoms with Gasteiger partial charge in [-0.1, -0.05) is 6.92 Å². The summed E-state index contributed by atoms with van der Waals surface area (Å²) in [7, 11) is 0. The Kier molecular flexibility index (Phi) is 4.89. The van der Waals surface area contributed by atoms with Crippen LogP contribution in [0.25, 0.3) is 11.4 Å². The minimum atomic E-state index is -4.46. The van der Waals surface area contributed by atoms with E-state index >= 15 is 0 Å². The molecule has 0 aliphatic heterocycles. The Morgan fingerprint density at radius 1 is 1.43 bits per heavy atom. The lowest BCUT2D eigenvalue weighted by molar-refractivity contribution is -0.140. The summed E-state index contributed by atoms with van der Waals surface area (Å²) in [6.45, 7) is 1.89. The zero-order chi connectivity index (χ0) is 15.6. The highest BCUT2D eigenvalue weighted by Gasteiger charge is 2.35. The van der Waals surface area contributed by atoms with Crippen LogP contribution in [0.5, 0.6) is 0 Å². The fraction of sp³-hybridized carbons (Fsp3) is 0.231. The van der Waals surface area contributed by atoms with Gasteiger partial charge < -0.3 is 4.34 Å². The zero-order valence-electron chi connectivity index (χ0n) is 10.9. The van der Waals surface area contributed by atoms with Crippen LogP contribution in [0.15, 0.2) is 24.4 Å². The smallest absolute Gasteiger partial charge is 0.302 e. The van der Waals surface area contributed by atoms with Crippen molar-refractivity contribution in [3.8, 4) is 17.5 Å². The average molecular weight is 423 g/mol. The fourth-order valence-electron chi connectivity index (χ4n) is 1.95. The number of rotatable bonds is 3. The maximum atomic E-state index is 12.8. The normalized spacial score (nSPS) is 12.0. The second-order valence-electron chi connectivity index (χ2n) is 4.24. The predicted molar refractivity (Wildman–Crippen MR) is 84.5 cm³/mol.